The van der Waals surface area contributed by atoms with Gasteiger partial charge in [0.15, 0.2) is 0 Å². The van der Waals surface area contributed by atoms with E-state index in [4.69, 9.17) is 14.2 Å². The highest BCUT2D eigenvalue weighted by Crippen LogP contribution is 2.24. The number of thioether (sulfide) groups is 1. The number of likely N-dealkylation sites (N-methyl/N-ethyl adjacent to an activating group) is 1. The zero-order chi connectivity index (χ0) is 21.5. The fourth-order valence-electron chi connectivity index (χ4n) is 2.34. The summed E-state index contributed by atoms with van der Waals surface area (Å²) in [5, 5.41) is 4.68. The zero-order valence-corrected chi connectivity index (χ0v) is 17.9. The summed E-state index contributed by atoms with van der Waals surface area (Å²) in [5.74, 6) is -0.665. The predicted octanol–water partition coefficient (Wildman–Crippen LogP) is -0.831. The maximum Gasteiger partial charge on any atom is 0.245 e. The monoisotopic (exact) mass is 433 g/mol. The molecule has 0 saturated carbocycles. The molecule has 0 aliphatic carbocycles. The molecule has 0 spiro atoms. The minimum atomic E-state index is -0.506. The van der Waals surface area contributed by atoms with E-state index in [2.05, 4.69) is 10.6 Å². The summed E-state index contributed by atoms with van der Waals surface area (Å²) in [6, 6.07) is 0. The van der Waals surface area contributed by atoms with Crippen LogP contribution in [-0.2, 0) is 33.4 Å². The van der Waals surface area contributed by atoms with Crippen LogP contribution in [0.5, 0.6) is 0 Å². The third-order valence-electron chi connectivity index (χ3n) is 3.91. The number of rotatable bonds is 16. The number of amides is 4. The molecule has 1 heterocycles. The summed E-state index contributed by atoms with van der Waals surface area (Å²) >= 11 is 1.20. The molecule has 0 aromatic rings. The number of nitrogens with zero attached hydrogens (tertiary/aromatic N) is 1. The van der Waals surface area contributed by atoms with Gasteiger partial charge in [-0.2, -0.15) is 0 Å². The van der Waals surface area contributed by atoms with E-state index < -0.39 is 5.25 Å². The van der Waals surface area contributed by atoms with Gasteiger partial charge in [0.1, 0.15) is 6.61 Å². The smallest absolute Gasteiger partial charge is 0.245 e. The van der Waals surface area contributed by atoms with Crippen LogP contribution in [0.3, 0.4) is 0 Å². The van der Waals surface area contributed by atoms with Crippen LogP contribution in [0.25, 0.3) is 0 Å². The van der Waals surface area contributed by atoms with Crippen LogP contribution in [0.2, 0.25) is 0 Å². The summed E-state index contributed by atoms with van der Waals surface area (Å²) in [6.45, 7) is 4.28. The Morgan fingerprint density at radius 3 is 2.38 bits per heavy atom. The van der Waals surface area contributed by atoms with Crippen molar-refractivity contribution in [2.24, 2.45) is 0 Å². The van der Waals surface area contributed by atoms with Crippen molar-refractivity contribution in [3.63, 3.8) is 0 Å². The van der Waals surface area contributed by atoms with E-state index in [1.807, 2.05) is 6.92 Å². The van der Waals surface area contributed by atoms with Crippen LogP contribution >= 0.6 is 11.8 Å². The molecule has 1 aliphatic heterocycles. The van der Waals surface area contributed by atoms with Crippen LogP contribution < -0.4 is 10.6 Å². The van der Waals surface area contributed by atoms with Crippen LogP contribution in [0.4, 0.5) is 0 Å². The maximum absolute atomic E-state index is 12.3. The standard InChI is InChI=1S/C18H31N3O7S/c1-3-4-20-16(23)13-29-14-11-17(24)21(18(14)25)5-6-26-7-8-27-9-10-28-12-15(22)19-2/h14H,3-13H2,1-2H3,(H,19,22)(H,20,23). The molecule has 4 amide bonds. The normalized spacial score (nSPS) is 16.3. The second kappa shape index (κ2) is 15.2. The molecule has 0 radical (unpaired) electrons. The minimum absolute atomic E-state index is 0.00303. The fourth-order valence-corrected chi connectivity index (χ4v) is 3.33. The van der Waals surface area contributed by atoms with Gasteiger partial charge in [-0.05, 0) is 6.42 Å². The zero-order valence-electron chi connectivity index (χ0n) is 17.1. The van der Waals surface area contributed by atoms with E-state index >= 15 is 0 Å². The van der Waals surface area contributed by atoms with Gasteiger partial charge in [0.2, 0.25) is 23.6 Å². The average Bonchev–Trinajstić information content (AvgIpc) is 2.98. The third kappa shape index (κ3) is 10.6. The third-order valence-corrected chi connectivity index (χ3v) is 5.11. The van der Waals surface area contributed by atoms with Gasteiger partial charge in [-0.15, -0.1) is 11.8 Å². The first-order valence-corrected chi connectivity index (χ1v) is 10.7. The molecule has 1 fully saturated rings. The highest BCUT2D eigenvalue weighted by Gasteiger charge is 2.38. The molecule has 0 aromatic carbocycles. The summed E-state index contributed by atoms with van der Waals surface area (Å²) in [4.78, 5) is 48.1. The molecule has 2 N–H and O–H groups in total. The Hall–Kier alpha value is -1.69. The molecule has 166 valence electrons. The van der Waals surface area contributed by atoms with Gasteiger partial charge in [-0.1, -0.05) is 6.92 Å². The lowest BCUT2D eigenvalue weighted by Gasteiger charge is -2.15. The van der Waals surface area contributed by atoms with Crippen molar-refractivity contribution < 1.29 is 33.4 Å². The van der Waals surface area contributed by atoms with Crippen molar-refractivity contribution in [2.45, 2.75) is 25.0 Å². The largest absolute Gasteiger partial charge is 0.377 e. The lowest BCUT2D eigenvalue weighted by molar-refractivity contribution is -0.139. The van der Waals surface area contributed by atoms with Crippen molar-refractivity contribution in [2.75, 3.05) is 65.5 Å². The van der Waals surface area contributed by atoms with E-state index in [0.29, 0.717) is 33.0 Å². The van der Waals surface area contributed by atoms with E-state index in [1.54, 1.807) is 0 Å². The highest BCUT2D eigenvalue weighted by molar-refractivity contribution is 8.01. The van der Waals surface area contributed by atoms with Gasteiger partial charge in [0.05, 0.1) is 50.6 Å². The van der Waals surface area contributed by atoms with Crippen LogP contribution in [0.1, 0.15) is 19.8 Å². The molecule has 0 aromatic heterocycles. The first-order valence-electron chi connectivity index (χ1n) is 9.65. The van der Waals surface area contributed by atoms with Crippen LogP contribution in [-0.4, -0.2) is 99.3 Å². The predicted molar refractivity (Wildman–Crippen MR) is 107 cm³/mol. The number of imide groups is 1. The fraction of sp³-hybridized carbons (Fsp3) is 0.778. The molecule has 1 rings (SSSR count). The van der Waals surface area contributed by atoms with Gasteiger partial charge in [-0.3, -0.25) is 24.1 Å². The van der Waals surface area contributed by atoms with Crippen molar-refractivity contribution in [3.05, 3.63) is 0 Å². The molecule has 1 saturated heterocycles. The minimum Gasteiger partial charge on any atom is -0.377 e. The molecule has 29 heavy (non-hydrogen) atoms. The topological polar surface area (TPSA) is 123 Å². The van der Waals surface area contributed by atoms with Crippen molar-refractivity contribution in [3.8, 4) is 0 Å². The average molecular weight is 434 g/mol. The maximum atomic E-state index is 12.3. The Kier molecular flexibility index (Phi) is 13.3. The lowest BCUT2D eigenvalue weighted by Crippen LogP contribution is -2.35. The first kappa shape index (κ1) is 25.3. The molecule has 0 bridgehead atoms. The second-order valence-corrected chi connectivity index (χ2v) is 7.38. The number of nitrogens with one attached hydrogen (secondary N) is 2. The van der Waals surface area contributed by atoms with Crippen LogP contribution in [0, 0.1) is 0 Å². The Balaban J connectivity index is 2.08. The number of ether oxygens (including phenoxy) is 3. The van der Waals surface area contributed by atoms with E-state index in [9.17, 15) is 19.2 Å². The van der Waals surface area contributed by atoms with Gasteiger partial charge in [-0.25, -0.2) is 0 Å². The van der Waals surface area contributed by atoms with E-state index in [-0.39, 0.29) is 55.6 Å². The highest BCUT2D eigenvalue weighted by atomic mass is 32.2. The Bertz CT molecular complexity index is 548. The number of hydrogen-bond acceptors (Lipinski definition) is 8. The number of carbonyl (C=O) groups excluding carboxylic acids is 4. The Morgan fingerprint density at radius 1 is 1.07 bits per heavy atom. The van der Waals surface area contributed by atoms with Crippen molar-refractivity contribution in [1.29, 1.82) is 0 Å². The number of hydrogen-bond donors (Lipinski definition) is 2. The molecule has 10 nitrogen and oxygen atoms in total. The summed E-state index contributed by atoms with van der Waals surface area (Å²) in [6.07, 6.45) is 0.964. The van der Waals surface area contributed by atoms with Gasteiger partial charge < -0.3 is 24.8 Å². The molecule has 1 aliphatic rings. The lowest BCUT2D eigenvalue weighted by atomic mass is 10.4. The molecule has 1 atom stereocenters. The van der Waals surface area contributed by atoms with E-state index in [0.717, 1.165) is 6.42 Å². The SMILES string of the molecule is CCCNC(=O)CSC1CC(=O)N(CCOCCOCCOCC(=O)NC)C1=O. The molecular weight excluding hydrogens is 402 g/mol. The van der Waals surface area contributed by atoms with Gasteiger partial charge in [0, 0.05) is 20.0 Å². The summed E-state index contributed by atoms with van der Waals surface area (Å²) in [5.41, 5.74) is 0. The van der Waals surface area contributed by atoms with Gasteiger partial charge >= 0.3 is 0 Å². The van der Waals surface area contributed by atoms with Crippen LogP contribution in [0.15, 0.2) is 0 Å². The van der Waals surface area contributed by atoms with E-state index in [1.165, 1.54) is 23.7 Å². The Labute approximate surface area is 175 Å². The Morgan fingerprint density at radius 2 is 1.72 bits per heavy atom. The second-order valence-electron chi connectivity index (χ2n) is 6.19. The number of carbonyl (C=O) groups is 4. The quantitative estimate of drug-likeness (QED) is 0.239. The molecular formula is C18H31N3O7S. The van der Waals surface area contributed by atoms with Crippen molar-refractivity contribution in [1.82, 2.24) is 15.5 Å². The number of likely N-dealkylation sites (tertiary alicyclic amines) is 1. The van der Waals surface area contributed by atoms with Gasteiger partial charge in [0.25, 0.3) is 0 Å². The summed E-state index contributed by atoms with van der Waals surface area (Å²) < 4.78 is 15.8. The first-order chi connectivity index (χ1) is 14.0. The molecule has 1 unspecified atom stereocenters. The van der Waals surface area contributed by atoms with Crippen molar-refractivity contribution >= 4 is 35.4 Å². The molecule has 11 heteroatoms. The summed E-state index contributed by atoms with van der Waals surface area (Å²) in [7, 11) is 1.54.